The number of rotatable bonds is 5. The van der Waals surface area contributed by atoms with Gasteiger partial charge in [0, 0.05) is 17.4 Å². The third-order valence-electron chi connectivity index (χ3n) is 7.25. The van der Waals surface area contributed by atoms with Crippen LogP contribution in [0.25, 0.3) is 0 Å². The Morgan fingerprint density at radius 2 is 1.97 bits per heavy atom. The van der Waals surface area contributed by atoms with E-state index in [0.717, 1.165) is 12.8 Å². The first-order chi connectivity index (χ1) is 13.9. The number of hydrogen-bond donors (Lipinski definition) is 4. The molecule has 0 aromatic heterocycles. The first-order valence-electron chi connectivity index (χ1n) is 10.6. The molecule has 2 unspecified atom stereocenters. The summed E-state index contributed by atoms with van der Waals surface area (Å²) in [5, 5.41) is 40.8. The Balaban J connectivity index is 1.85. The molecule has 7 nitrogen and oxygen atoms in total. The molecular weight excluding hydrogens is 388 g/mol. The molecule has 1 heterocycles. The lowest BCUT2D eigenvalue weighted by Gasteiger charge is -2.60. The maximum atomic E-state index is 12.5. The second-order valence-corrected chi connectivity index (χ2v) is 9.74. The molecule has 0 amide bonds. The molecule has 3 aliphatic rings. The van der Waals surface area contributed by atoms with Crippen molar-refractivity contribution in [1.29, 1.82) is 0 Å². The molecule has 1 aliphatic heterocycles. The van der Waals surface area contributed by atoms with Crippen LogP contribution in [0.4, 0.5) is 0 Å². The second-order valence-electron chi connectivity index (χ2n) is 9.74. The highest BCUT2D eigenvalue weighted by atomic mass is 16.6. The molecular formula is C23H34O7. The first kappa shape index (κ1) is 23.2. The van der Waals surface area contributed by atoms with E-state index >= 15 is 0 Å². The molecule has 7 atom stereocenters. The molecule has 7 heteroatoms. The van der Waals surface area contributed by atoms with E-state index in [4.69, 9.17) is 9.47 Å². The Hall–Kier alpha value is -1.51. The van der Waals surface area contributed by atoms with Gasteiger partial charge in [0.1, 0.15) is 11.7 Å². The minimum Gasteiger partial charge on any atom is -0.455 e. The fraction of sp³-hybridized carbons (Fsp3) is 0.696. The van der Waals surface area contributed by atoms with Gasteiger partial charge in [-0.3, -0.25) is 0 Å². The van der Waals surface area contributed by atoms with Crippen LogP contribution < -0.4 is 0 Å². The van der Waals surface area contributed by atoms with Crippen molar-refractivity contribution in [3.8, 4) is 0 Å². The summed E-state index contributed by atoms with van der Waals surface area (Å²) < 4.78 is 11.2. The highest BCUT2D eigenvalue weighted by Crippen LogP contribution is 2.63. The Morgan fingerprint density at radius 3 is 2.63 bits per heavy atom. The SMILES string of the molecule is CC(O)C(O)/C=C/C=C/C(=O)O[C@@H]1C=C2CO[C@@H](O)[C@]2(O)[C@@]2(C)CCCC(C)(C)[C@H]12. The fourth-order valence-electron chi connectivity index (χ4n) is 5.74. The molecule has 30 heavy (non-hydrogen) atoms. The summed E-state index contributed by atoms with van der Waals surface area (Å²) >= 11 is 0. The van der Waals surface area contributed by atoms with E-state index in [0.29, 0.717) is 12.0 Å². The lowest BCUT2D eigenvalue weighted by molar-refractivity contribution is -0.244. The third-order valence-corrected chi connectivity index (χ3v) is 7.25. The van der Waals surface area contributed by atoms with Gasteiger partial charge in [-0.2, -0.15) is 0 Å². The molecule has 0 aromatic rings. The average Bonchev–Trinajstić information content (AvgIpc) is 2.94. The molecule has 0 aromatic carbocycles. The molecule has 1 saturated carbocycles. The van der Waals surface area contributed by atoms with Gasteiger partial charge in [0.15, 0.2) is 6.29 Å². The van der Waals surface area contributed by atoms with Crippen molar-refractivity contribution >= 4 is 5.97 Å². The molecule has 0 bridgehead atoms. The maximum Gasteiger partial charge on any atom is 0.331 e. The number of aliphatic hydroxyl groups excluding tert-OH is 3. The van der Waals surface area contributed by atoms with Gasteiger partial charge in [0.05, 0.1) is 18.8 Å². The second kappa shape index (κ2) is 8.20. The molecule has 168 valence electrons. The van der Waals surface area contributed by atoms with Crippen LogP contribution in [-0.2, 0) is 14.3 Å². The molecule has 0 spiro atoms. The van der Waals surface area contributed by atoms with E-state index in [9.17, 15) is 25.2 Å². The summed E-state index contributed by atoms with van der Waals surface area (Å²) in [5.74, 6) is -0.740. The van der Waals surface area contributed by atoms with Crippen LogP contribution in [0.1, 0.15) is 47.0 Å². The smallest absolute Gasteiger partial charge is 0.331 e. The standard InChI is InChI=1S/C23H34O7/c1-14(24)16(25)8-5-6-9-18(26)30-17-12-15-13-29-20(27)23(15,28)22(4)11-7-10-21(2,3)19(17)22/h5-6,8-9,12,14,16-17,19-20,24-25,27-28H,7,10-11,13H2,1-4H3/b8-5+,9-6+/t14?,16?,17-,19+,20-,22+,23+/m1/s1. The van der Waals surface area contributed by atoms with Crippen molar-refractivity contribution in [3.63, 3.8) is 0 Å². The van der Waals surface area contributed by atoms with E-state index < -0.39 is 41.6 Å². The number of allylic oxidation sites excluding steroid dienone is 2. The van der Waals surface area contributed by atoms with Crippen molar-refractivity contribution in [1.82, 2.24) is 0 Å². The summed E-state index contributed by atoms with van der Waals surface area (Å²) in [4.78, 5) is 12.5. The minimum absolute atomic E-state index is 0.101. The molecule has 0 radical (unpaired) electrons. The lowest BCUT2D eigenvalue weighted by atomic mass is 9.46. The number of carbonyl (C=O) groups is 1. The minimum atomic E-state index is -1.49. The summed E-state index contributed by atoms with van der Waals surface area (Å²) in [5.41, 5.74) is -1.85. The van der Waals surface area contributed by atoms with Gasteiger partial charge in [-0.25, -0.2) is 4.79 Å². The number of aliphatic hydroxyl groups is 4. The van der Waals surface area contributed by atoms with Crippen molar-refractivity contribution < 1.29 is 34.7 Å². The van der Waals surface area contributed by atoms with Crippen LogP contribution in [0, 0.1) is 16.7 Å². The lowest BCUT2D eigenvalue weighted by Crippen LogP contribution is -2.65. The normalized spacial score (nSPS) is 40.0. The van der Waals surface area contributed by atoms with Crippen molar-refractivity contribution in [2.24, 2.45) is 16.7 Å². The fourth-order valence-corrected chi connectivity index (χ4v) is 5.74. The van der Waals surface area contributed by atoms with Crippen LogP contribution in [-0.4, -0.2) is 63.2 Å². The Bertz CT molecular complexity index is 753. The number of fused-ring (bicyclic) bond motifs is 3. The Labute approximate surface area is 177 Å². The van der Waals surface area contributed by atoms with Gasteiger partial charge in [-0.15, -0.1) is 0 Å². The highest BCUT2D eigenvalue weighted by molar-refractivity contribution is 5.82. The zero-order valence-corrected chi connectivity index (χ0v) is 18.1. The average molecular weight is 423 g/mol. The van der Waals surface area contributed by atoms with E-state index in [1.54, 1.807) is 6.08 Å². The van der Waals surface area contributed by atoms with Crippen molar-refractivity contribution in [3.05, 3.63) is 36.0 Å². The first-order valence-corrected chi connectivity index (χ1v) is 10.6. The summed E-state index contributed by atoms with van der Waals surface area (Å²) in [6.45, 7) is 7.74. The quantitative estimate of drug-likeness (QED) is 0.230. The topological polar surface area (TPSA) is 116 Å². The van der Waals surface area contributed by atoms with Gasteiger partial charge in [-0.1, -0.05) is 45.4 Å². The van der Waals surface area contributed by atoms with Crippen LogP contribution in [0.5, 0.6) is 0 Å². The summed E-state index contributed by atoms with van der Waals surface area (Å²) in [6.07, 6.45) is 6.08. The van der Waals surface area contributed by atoms with Crippen LogP contribution in [0.15, 0.2) is 36.0 Å². The Morgan fingerprint density at radius 1 is 1.27 bits per heavy atom. The third kappa shape index (κ3) is 3.78. The zero-order valence-electron chi connectivity index (χ0n) is 18.1. The molecule has 4 N–H and O–H groups in total. The number of hydrogen-bond acceptors (Lipinski definition) is 7. The molecule has 2 aliphatic carbocycles. The molecule has 3 rings (SSSR count). The number of esters is 1. The van der Waals surface area contributed by atoms with Gasteiger partial charge in [-0.05, 0) is 36.8 Å². The van der Waals surface area contributed by atoms with E-state index in [2.05, 4.69) is 13.8 Å². The van der Waals surface area contributed by atoms with Crippen LogP contribution >= 0.6 is 0 Å². The summed E-state index contributed by atoms with van der Waals surface area (Å²) in [6, 6.07) is 0. The largest absolute Gasteiger partial charge is 0.455 e. The maximum absolute atomic E-state index is 12.5. The van der Waals surface area contributed by atoms with E-state index in [1.807, 2.05) is 6.92 Å². The van der Waals surface area contributed by atoms with Gasteiger partial charge in [0.2, 0.25) is 0 Å². The van der Waals surface area contributed by atoms with E-state index in [-0.39, 0.29) is 17.9 Å². The Kier molecular flexibility index (Phi) is 6.33. The van der Waals surface area contributed by atoms with Crippen molar-refractivity contribution in [2.75, 3.05) is 6.61 Å². The number of carbonyl (C=O) groups excluding carboxylic acids is 1. The van der Waals surface area contributed by atoms with Gasteiger partial charge < -0.3 is 29.9 Å². The predicted octanol–water partition coefficient (Wildman–Crippen LogP) is 1.60. The van der Waals surface area contributed by atoms with Crippen LogP contribution in [0.3, 0.4) is 0 Å². The molecule has 2 fully saturated rings. The highest BCUT2D eigenvalue weighted by Gasteiger charge is 2.68. The summed E-state index contributed by atoms with van der Waals surface area (Å²) in [7, 11) is 0. The van der Waals surface area contributed by atoms with E-state index in [1.165, 1.54) is 31.2 Å². The van der Waals surface area contributed by atoms with Gasteiger partial charge >= 0.3 is 5.97 Å². The van der Waals surface area contributed by atoms with Crippen LogP contribution in [0.2, 0.25) is 0 Å². The van der Waals surface area contributed by atoms with Gasteiger partial charge in [0.25, 0.3) is 0 Å². The van der Waals surface area contributed by atoms with Crippen molar-refractivity contribution in [2.45, 2.75) is 77.2 Å². The molecule has 1 saturated heterocycles. The monoisotopic (exact) mass is 422 g/mol. The zero-order chi connectivity index (χ0) is 22.3. The predicted molar refractivity (Wildman–Crippen MR) is 110 cm³/mol. The number of ether oxygens (including phenoxy) is 2.